The van der Waals surface area contributed by atoms with E-state index in [4.69, 9.17) is 16.3 Å². The van der Waals surface area contributed by atoms with E-state index in [1.807, 2.05) is 56.4 Å². The van der Waals surface area contributed by atoms with Gasteiger partial charge in [-0.05, 0) is 12.1 Å². The summed E-state index contributed by atoms with van der Waals surface area (Å²) in [6.07, 6.45) is 0. The Morgan fingerprint density at radius 1 is 0.875 bits per heavy atom. The quantitative estimate of drug-likeness (QED) is 0.498. The predicted octanol–water partition coefficient (Wildman–Crippen LogP) is 2.87. The smallest absolute Gasteiger partial charge is 0.140 e. The molecule has 3 rings (SSSR count). The van der Waals surface area contributed by atoms with E-state index in [2.05, 4.69) is 0 Å². The van der Waals surface area contributed by atoms with Gasteiger partial charge in [-0.1, -0.05) is 36.4 Å². The van der Waals surface area contributed by atoms with E-state index in [-0.39, 0.29) is 0 Å². The maximum atomic E-state index is 6.65. The monoisotopic (exact) mass is 228 g/mol. The Balaban J connectivity index is 2.28. The first kappa shape index (κ1) is 9.80. The topological polar surface area (TPSA) is 9.23 Å². The molecule has 0 N–H and O–H groups in total. The summed E-state index contributed by atoms with van der Waals surface area (Å²) in [4.78, 5) is 0. The van der Waals surface area contributed by atoms with Crippen molar-refractivity contribution in [1.29, 1.82) is 0 Å². The Morgan fingerprint density at radius 2 is 1.31 bits per heavy atom. The molecular formula is C13H10BClO. The SMILES string of the molecule is BC1(Cl)c2ccccc2Oc2ccccc21. The van der Waals surface area contributed by atoms with Crippen molar-refractivity contribution in [3.8, 4) is 11.5 Å². The van der Waals surface area contributed by atoms with Gasteiger partial charge in [0.15, 0.2) is 0 Å². The maximum Gasteiger partial charge on any atom is 0.140 e. The van der Waals surface area contributed by atoms with E-state index in [1.54, 1.807) is 0 Å². The van der Waals surface area contributed by atoms with E-state index >= 15 is 0 Å². The lowest BCUT2D eigenvalue weighted by Crippen LogP contribution is -2.25. The van der Waals surface area contributed by atoms with Crippen LogP contribution in [0.5, 0.6) is 11.5 Å². The Morgan fingerprint density at radius 3 is 1.81 bits per heavy atom. The number of ether oxygens (including phenoxy) is 1. The molecule has 1 heterocycles. The highest BCUT2D eigenvalue weighted by Gasteiger charge is 2.35. The van der Waals surface area contributed by atoms with Crippen molar-refractivity contribution in [3.05, 3.63) is 59.7 Å². The second-order valence-electron chi connectivity index (χ2n) is 4.10. The molecule has 1 aliphatic heterocycles. The van der Waals surface area contributed by atoms with Crippen LogP contribution in [0.4, 0.5) is 0 Å². The molecule has 16 heavy (non-hydrogen) atoms. The fourth-order valence-corrected chi connectivity index (χ4v) is 2.46. The van der Waals surface area contributed by atoms with Crippen molar-refractivity contribution in [1.82, 2.24) is 0 Å². The number of alkyl halides is 1. The van der Waals surface area contributed by atoms with E-state index in [9.17, 15) is 0 Å². The Bertz CT molecular complexity index is 504. The molecule has 0 radical (unpaired) electrons. The lowest BCUT2D eigenvalue weighted by molar-refractivity contribution is 0.453. The van der Waals surface area contributed by atoms with Crippen LogP contribution >= 0.6 is 11.6 Å². The molecule has 0 fully saturated rings. The lowest BCUT2D eigenvalue weighted by Gasteiger charge is -2.32. The largest absolute Gasteiger partial charge is 0.457 e. The zero-order valence-electron chi connectivity index (χ0n) is 8.91. The van der Waals surface area contributed by atoms with Crippen LogP contribution in [0.2, 0.25) is 0 Å². The maximum absolute atomic E-state index is 6.65. The molecule has 0 spiro atoms. The molecule has 0 bridgehead atoms. The summed E-state index contributed by atoms with van der Waals surface area (Å²) in [6, 6.07) is 15.8. The third kappa shape index (κ3) is 1.26. The molecule has 3 heteroatoms. The minimum Gasteiger partial charge on any atom is -0.457 e. The van der Waals surface area contributed by atoms with Crippen LogP contribution in [-0.4, -0.2) is 7.85 Å². The molecule has 0 unspecified atom stereocenters. The minimum atomic E-state index is -0.508. The molecule has 1 aliphatic rings. The fraction of sp³-hybridized carbons (Fsp3) is 0.0769. The summed E-state index contributed by atoms with van der Waals surface area (Å²) in [5.41, 5.74) is 2.05. The average Bonchev–Trinajstić information content (AvgIpc) is 2.29. The van der Waals surface area contributed by atoms with Crippen LogP contribution in [0.15, 0.2) is 48.5 Å². The predicted molar refractivity (Wildman–Crippen MR) is 68.1 cm³/mol. The standard InChI is InChI=1S/C13H10BClO/c14-13(15)9-5-1-3-7-11(9)16-12-8-4-2-6-10(12)13/h1-8H,14H2. The molecule has 2 aromatic carbocycles. The van der Waals surface area contributed by atoms with Gasteiger partial charge in [0.2, 0.25) is 0 Å². The summed E-state index contributed by atoms with van der Waals surface area (Å²) in [5.74, 6) is 1.69. The van der Waals surface area contributed by atoms with Crippen LogP contribution in [0.1, 0.15) is 11.1 Å². The average molecular weight is 228 g/mol. The molecule has 1 nitrogen and oxygen atoms in total. The number of hydrogen-bond donors (Lipinski definition) is 0. The second-order valence-corrected chi connectivity index (χ2v) is 4.85. The van der Waals surface area contributed by atoms with Crippen molar-refractivity contribution < 1.29 is 4.74 Å². The van der Waals surface area contributed by atoms with Crippen molar-refractivity contribution in [2.75, 3.05) is 0 Å². The Kier molecular flexibility index (Phi) is 2.02. The second kappa shape index (κ2) is 3.29. The number of para-hydroxylation sites is 2. The number of rotatable bonds is 0. The first-order valence-electron chi connectivity index (χ1n) is 5.25. The third-order valence-corrected chi connectivity index (χ3v) is 3.41. The summed E-state index contributed by atoms with van der Waals surface area (Å²) < 4.78 is 5.32. The molecule has 0 amide bonds. The molecule has 2 aromatic rings. The van der Waals surface area contributed by atoms with Crippen molar-refractivity contribution in [2.24, 2.45) is 0 Å². The van der Waals surface area contributed by atoms with Gasteiger partial charge in [0.25, 0.3) is 0 Å². The number of benzene rings is 2. The summed E-state index contributed by atoms with van der Waals surface area (Å²) in [5, 5.41) is 0. The van der Waals surface area contributed by atoms with Crippen LogP contribution < -0.4 is 4.74 Å². The van der Waals surface area contributed by atoms with Gasteiger partial charge in [0.05, 0.1) is 4.77 Å². The van der Waals surface area contributed by atoms with Gasteiger partial charge in [0.1, 0.15) is 19.3 Å². The van der Waals surface area contributed by atoms with Crippen molar-refractivity contribution >= 4 is 19.4 Å². The number of fused-ring (bicyclic) bond motifs is 2. The van der Waals surface area contributed by atoms with Crippen molar-refractivity contribution in [2.45, 2.75) is 4.77 Å². The van der Waals surface area contributed by atoms with Crippen molar-refractivity contribution in [3.63, 3.8) is 0 Å². The van der Waals surface area contributed by atoms with Crippen LogP contribution in [0.25, 0.3) is 0 Å². The number of hydrogen-bond acceptors (Lipinski definition) is 1. The lowest BCUT2D eigenvalue weighted by atomic mass is 9.73. The minimum absolute atomic E-state index is 0.508. The molecule has 0 saturated heterocycles. The summed E-state index contributed by atoms with van der Waals surface area (Å²) >= 11 is 6.65. The first-order chi connectivity index (χ1) is 7.69. The van der Waals surface area contributed by atoms with Crippen LogP contribution in [0, 0.1) is 0 Å². The molecule has 0 atom stereocenters. The van der Waals surface area contributed by atoms with Gasteiger partial charge < -0.3 is 4.74 Å². The highest BCUT2D eigenvalue weighted by molar-refractivity contribution is 6.47. The third-order valence-electron chi connectivity index (χ3n) is 3.01. The van der Waals surface area contributed by atoms with Gasteiger partial charge in [-0.3, -0.25) is 0 Å². The van der Waals surface area contributed by atoms with Gasteiger partial charge in [0, 0.05) is 11.1 Å². The van der Waals surface area contributed by atoms with E-state index in [0.29, 0.717) is 0 Å². The van der Waals surface area contributed by atoms with Gasteiger partial charge in [-0.2, -0.15) is 0 Å². The Hall–Kier alpha value is -1.41. The zero-order chi connectivity index (χ0) is 11.2. The number of halogens is 1. The fourth-order valence-electron chi connectivity index (χ4n) is 2.15. The molecular weight excluding hydrogens is 218 g/mol. The summed E-state index contributed by atoms with van der Waals surface area (Å²) in [7, 11) is 2.01. The molecule has 0 saturated carbocycles. The normalized spacial score (nSPS) is 15.8. The summed E-state index contributed by atoms with van der Waals surface area (Å²) in [6.45, 7) is 0. The highest BCUT2D eigenvalue weighted by Crippen LogP contribution is 2.48. The van der Waals surface area contributed by atoms with E-state index in [1.165, 1.54) is 0 Å². The molecule has 0 aromatic heterocycles. The van der Waals surface area contributed by atoms with E-state index < -0.39 is 4.77 Å². The first-order valence-corrected chi connectivity index (χ1v) is 5.63. The zero-order valence-corrected chi connectivity index (χ0v) is 9.66. The molecule has 0 aliphatic carbocycles. The van der Waals surface area contributed by atoms with Gasteiger partial charge >= 0.3 is 0 Å². The molecule has 78 valence electrons. The highest BCUT2D eigenvalue weighted by atomic mass is 35.5. The van der Waals surface area contributed by atoms with Crippen LogP contribution in [0.3, 0.4) is 0 Å². The van der Waals surface area contributed by atoms with Crippen LogP contribution in [-0.2, 0) is 4.77 Å². The van der Waals surface area contributed by atoms with Gasteiger partial charge in [-0.25, -0.2) is 0 Å². The van der Waals surface area contributed by atoms with E-state index in [0.717, 1.165) is 22.6 Å². The Labute approximate surface area is 100 Å². The van der Waals surface area contributed by atoms with Gasteiger partial charge in [-0.15, -0.1) is 11.6 Å².